The van der Waals surface area contributed by atoms with Gasteiger partial charge in [-0.05, 0) is 30.9 Å². The van der Waals surface area contributed by atoms with Crippen molar-refractivity contribution in [2.24, 2.45) is 22.7 Å². The van der Waals surface area contributed by atoms with Crippen LogP contribution in [0.4, 0.5) is 0 Å². The van der Waals surface area contributed by atoms with Crippen LogP contribution in [0.2, 0.25) is 0 Å². The van der Waals surface area contributed by atoms with Crippen molar-refractivity contribution < 1.29 is 83.6 Å². The summed E-state index contributed by atoms with van der Waals surface area (Å²) in [6, 6.07) is 0. The van der Waals surface area contributed by atoms with E-state index in [0.717, 1.165) is 0 Å². The Kier molecular flexibility index (Phi) is 7.23. The van der Waals surface area contributed by atoms with E-state index < -0.39 is 70.0 Å². The normalized spacial score (nSPS) is 48.4. The van der Waals surface area contributed by atoms with E-state index in [4.69, 9.17) is 9.47 Å². The number of fused-ring (bicyclic) bond motifs is 5. The molecule has 0 amide bonds. The first-order valence-electron chi connectivity index (χ1n) is 11.5. The van der Waals surface area contributed by atoms with Crippen LogP contribution < -0.4 is 0 Å². The van der Waals surface area contributed by atoms with Crippen molar-refractivity contribution in [2.45, 2.75) is 96.4 Å². The van der Waals surface area contributed by atoms with E-state index in [1.165, 1.54) is 0 Å². The van der Waals surface area contributed by atoms with E-state index in [0.29, 0.717) is 11.1 Å². The quantitative estimate of drug-likeness (QED) is 0.250. The van der Waals surface area contributed by atoms with Gasteiger partial charge in [-0.3, -0.25) is 9.59 Å². The molecule has 8 unspecified atom stereocenters. The van der Waals surface area contributed by atoms with Gasteiger partial charge in [-0.15, -0.1) is 0 Å². The Morgan fingerprint density at radius 3 is 2.33 bits per heavy atom. The van der Waals surface area contributed by atoms with E-state index >= 15 is 0 Å². The molecule has 3 aliphatic carbocycles. The first kappa shape index (κ1) is 27.7. The number of ketones is 1. The van der Waals surface area contributed by atoms with Gasteiger partial charge < -0.3 is 29.9 Å². The summed E-state index contributed by atoms with van der Waals surface area (Å²) in [5, 5.41) is 46.0. The number of ether oxygens (including phenoxy) is 2. The Hall–Kier alpha value is 0.122. The minimum absolute atomic E-state index is 0. The van der Waals surface area contributed by atoms with Gasteiger partial charge in [0.2, 0.25) is 0 Å². The maximum atomic E-state index is 14.2. The Morgan fingerprint density at radius 1 is 1.21 bits per heavy atom. The number of carbonyl (C=O) groups is 2. The van der Waals surface area contributed by atoms with Crippen LogP contribution in [0.5, 0.6) is 0 Å². The molecule has 2 saturated carbocycles. The molecule has 9 heteroatoms. The number of hydrogen-bond acceptors (Lipinski definition) is 8. The maximum absolute atomic E-state index is 14.2. The second-order valence-corrected chi connectivity index (χ2v) is 11.0. The minimum Gasteiger partial charge on any atom is -0.450 e. The van der Waals surface area contributed by atoms with E-state index in [9.17, 15) is 30.0 Å². The Balaban J connectivity index is 0.00000306. The molecule has 33 heavy (non-hydrogen) atoms. The molecular weight excluding hydrogens is 643 g/mol. The predicted octanol–water partition coefficient (Wildman–Crippen LogP) is 0.882. The van der Waals surface area contributed by atoms with Gasteiger partial charge in [0.25, 0.3) is 0 Å². The third-order valence-corrected chi connectivity index (χ3v) is 9.39. The monoisotopic (exact) mass is 679 g/mol. The summed E-state index contributed by atoms with van der Waals surface area (Å²) in [6.07, 6.45) is -4.12. The van der Waals surface area contributed by atoms with Crippen molar-refractivity contribution in [1.29, 1.82) is 0 Å². The average molecular weight is 680 g/mol. The topological polar surface area (TPSA) is 134 Å². The number of hydrogen-bond donors (Lipinski definition) is 4. The summed E-state index contributed by atoms with van der Waals surface area (Å²) in [5.41, 5.74) is -4.64. The smallest absolute Gasteiger partial charge is 0.306 e. The van der Waals surface area contributed by atoms with E-state index in [2.05, 4.69) is 0 Å². The number of esters is 1. The summed E-state index contributed by atoms with van der Waals surface area (Å²) < 4.78 is 11.2. The number of Topliss-reactive ketones (excluding diaryl/α,β-unsaturated/α-hetero) is 1. The van der Waals surface area contributed by atoms with Crippen molar-refractivity contribution in [3.05, 3.63) is 11.1 Å². The summed E-state index contributed by atoms with van der Waals surface area (Å²) in [5.74, 6) is -2.66. The van der Waals surface area contributed by atoms with Crippen molar-refractivity contribution in [3.8, 4) is 0 Å². The molecule has 183 valence electrons. The number of aliphatic hydroxyl groups is 4. The summed E-state index contributed by atoms with van der Waals surface area (Å²) in [6.45, 7) is 10.2. The molecule has 1 saturated heterocycles. The standard InChI is InChI=1S/C24H36O8.Ac/c1-7-16(27)32-18-17-11(2)13(25)9-24(30,21(17,4)5)12(3)19-22(6,20(18)28)14(26)8-15-23(19,29)10-31-15;/h12-15,18-19,25-26,29-30H,7-10H2,1-6H3;/t12-,13?,14?,15?,18?,19?,22?,23?,24?;/m0./s1. The maximum Gasteiger partial charge on any atom is 0.306 e. The fraction of sp³-hybridized carbons (Fsp3) is 0.833. The molecule has 4 rings (SSSR count). The SMILES string of the molecule is CCC(=O)OC1C(=O)C2(C)C(O)CC3OCC3(O)C2[C@H](C)C2(O)CC(O)C(C)=C1C2(C)C.[Ac]. The van der Waals surface area contributed by atoms with Gasteiger partial charge in [0.15, 0.2) is 11.9 Å². The number of rotatable bonds is 2. The summed E-state index contributed by atoms with van der Waals surface area (Å²) in [7, 11) is 0. The third kappa shape index (κ3) is 3.43. The Labute approximate surface area is 230 Å². The molecular formula is C24H36AcO8. The predicted molar refractivity (Wildman–Crippen MR) is 113 cm³/mol. The Bertz CT molecular complexity index is 886. The van der Waals surface area contributed by atoms with Crippen LogP contribution in [0.25, 0.3) is 0 Å². The van der Waals surface area contributed by atoms with E-state index in [1.54, 1.807) is 41.5 Å². The number of carbonyl (C=O) groups excluding carboxylic acids is 2. The molecule has 0 aromatic carbocycles. The van der Waals surface area contributed by atoms with Gasteiger partial charge in [0.05, 0.1) is 35.9 Å². The molecule has 4 N–H and O–H groups in total. The van der Waals surface area contributed by atoms with Crippen LogP contribution in [-0.2, 0) is 19.1 Å². The zero-order valence-electron chi connectivity index (χ0n) is 20.3. The molecule has 0 aromatic heterocycles. The second-order valence-electron chi connectivity index (χ2n) is 11.0. The van der Waals surface area contributed by atoms with Crippen LogP contribution in [0.1, 0.15) is 60.8 Å². The molecule has 4 aliphatic rings. The van der Waals surface area contributed by atoms with Crippen molar-refractivity contribution in [3.63, 3.8) is 0 Å². The molecule has 8 nitrogen and oxygen atoms in total. The summed E-state index contributed by atoms with van der Waals surface area (Å²) >= 11 is 0. The summed E-state index contributed by atoms with van der Waals surface area (Å²) in [4.78, 5) is 26.6. The molecule has 0 aromatic rings. The van der Waals surface area contributed by atoms with Gasteiger partial charge in [-0.2, -0.15) is 0 Å². The third-order valence-electron chi connectivity index (χ3n) is 9.39. The molecule has 0 spiro atoms. The number of aliphatic hydroxyl groups excluding tert-OH is 2. The second kappa shape index (κ2) is 8.61. The van der Waals surface area contributed by atoms with Gasteiger partial charge in [-0.1, -0.05) is 27.7 Å². The van der Waals surface area contributed by atoms with Crippen LogP contribution in [0.3, 0.4) is 0 Å². The van der Waals surface area contributed by atoms with Crippen molar-refractivity contribution in [2.75, 3.05) is 6.61 Å². The minimum atomic E-state index is -1.54. The molecule has 2 bridgehead atoms. The Morgan fingerprint density at radius 2 is 1.82 bits per heavy atom. The van der Waals surface area contributed by atoms with Crippen LogP contribution in [0, 0.1) is 66.7 Å². The largest absolute Gasteiger partial charge is 0.450 e. The van der Waals surface area contributed by atoms with E-state index in [1.807, 2.05) is 0 Å². The van der Waals surface area contributed by atoms with Crippen LogP contribution in [0.15, 0.2) is 11.1 Å². The van der Waals surface area contributed by atoms with Gasteiger partial charge >= 0.3 is 5.97 Å². The molecule has 1 heterocycles. The zero-order chi connectivity index (χ0) is 24.0. The van der Waals surface area contributed by atoms with Gasteiger partial charge in [0, 0.05) is 74.7 Å². The first-order valence-corrected chi connectivity index (χ1v) is 11.5. The molecule has 1 aliphatic heterocycles. The first-order chi connectivity index (χ1) is 14.7. The van der Waals surface area contributed by atoms with Crippen molar-refractivity contribution >= 4 is 11.8 Å². The van der Waals surface area contributed by atoms with Crippen molar-refractivity contribution in [1.82, 2.24) is 0 Å². The van der Waals surface area contributed by atoms with Crippen LogP contribution >= 0.6 is 0 Å². The average Bonchev–Trinajstić information content (AvgIpc) is 2.71. The van der Waals surface area contributed by atoms with Gasteiger partial charge in [-0.25, -0.2) is 0 Å². The molecule has 1 radical (unpaired) electrons. The fourth-order valence-electron chi connectivity index (χ4n) is 7.29. The molecule has 9 atom stereocenters. The fourth-order valence-corrected chi connectivity index (χ4v) is 7.29. The molecule has 3 fully saturated rings. The van der Waals surface area contributed by atoms with Crippen LogP contribution in [-0.4, -0.2) is 74.4 Å². The van der Waals surface area contributed by atoms with Gasteiger partial charge in [0.1, 0.15) is 5.60 Å². The zero-order valence-corrected chi connectivity index (χ0v) is 25.0. The van der Waals surface area contributed by atoms with E-state index in [-0.39, 0.29) is 69.9 Å².